The lowest BCUT2D eigenvalue weighted by Crippen LogP contribution is -2.61. The number of fused-ring (bicyclic) bond motifs is 2. The lowest BCUT2D eigenvalue weighted by Gasteiger charge is -2.48. The van der Waals surface area contributed by atoms with E-state index in [1.807, 2.05) is 0 Å². The molecule has 0 saturated carbocycles. The molecule has 3 aliphatic heterocycles. The highest BCUT2D eigenvalue weighted by Gasteiger charge is 2.43. The van der Waals surface area contributed by atoms with Gasteiger partial charge in [-0.2, -0.15) is 0 Å². The Balaban J connectivity index is 1.55. The summed E-state index contributed by atoms with van der Waals surface area (Å²) in [6.07, 6.45) is 5.64. The van der Waals surface area contributed by atoms with Gasteiger partial charge in [0.1, 0.15) is 0 Å². The zero-order chi connectivity index (χ0) is 17.4. The van der Waals surface area contributed by atoms with Gasteiger partial charge in [0.15, 0.2) is 0 Å². The lowest BCUT2D eigenvalue weighted by atomic mass is 9.86. The summed E-state index contributed by atoms with van der Waals surface area (Å²) in [5.74, 6) is 1.81. The molecule has 0 spiro atoms. The molecule has 0 radical (unpaired) electrons. The molecule has 0 aliphatic carbocycles. The molecule has 0 aromatic rings. The highest BCUT2D eigenvalue weighted by atomic mass is 15.4. The van der Waals surface area contributed by atoms with Gasteiger partial charge in [-0.15, -0.1) is 0 Å². The van der Waals surface area contributed by atoms with Crippen LogP contribution < -0.4 is 0 Å². The van der Waals surface area contributed by atoms with Crippen molar-refractivity contribution in [3.05, 3.63) is 0 Å². The number of piperazine rings is 1. The summed E-state index contributed by atoms with van der Waals surface area (Å²) >= 11 is 0. The van der Waals surface area contributed by atoms with E-state index in [4.69, 9.17) is 0 Å². The summed E-state index contributed by atoms with van der Waals surface area (Å²) in [7, 11) is 0. The molecule has 4 atom stereocenters. The van der Waals surface area contributed by atoms with Crippen molar-refractivity contribution < 1.29 is 0 Å². The Labute approximate surface area is 150 Å². The SMILES string of the molecule is CC(C)C1CCN(C(C)C(C)N2CC3CCC(C2)N3C(C)C)CC1. The first kappa shape index (κ1) is 18.7. The zero-order valence-corrected chi connectivity index (χ0v) is 17.0. The molecule has 3 saturated heterocycles. The average Bonchev–Trinajstić information content (AvgIpc) is 2.84. The highest BCUT2D eigenvalue weighted by molar-refractivity contribution is 4.99. The van der Waals surface area contributed by atoms with E-state index in [9.17, 15) is 0 Å². The van der Waals surface area contributed by atoms with Gasteiger partial charge in [0, 0.05) is 43.3 Å². The first-order valence-electron chi connectivity index (χ1n) is 10.6. The number of nitrogens with zero attached hydrogens (tertiary/aromatic N) is 3. The molecule has 0 amide bonds. The summed E-state index contributed by atoms with van der Waals surface area (Å²) in [5.41, 5.74) is 0. The minimum atomic E-state index is 0.693. The second kappa shape index (κ2) is 7.63. The Bertz CT molecular complexity index is 386. The van der Waals surface area contributed by atoms with Gasteiger partial charge in [-0.05, 0) is 78.3 Å². The smallest absolute Gasteiger partial charge is 0.0230 e. The van der Waals surface area contributed by atoms with Crippen molar-refractivity contribution in [3.63, 3.8) is 0 Å². The molecular weight excluding hydrogens is 294 g/mol. The van der Waals surface area contributed by atoms with Crippen LogP contribution in [0.4, 0.5) is 0 Å². The highest BCUT2D eigenvalue weighted by Crippen LogP contribution is 2.34. The van der Waals surface area contributed by atoms with E-state index >= 15 is 0 Å². The van der Waals surface area contributed by atoms with E-state index in [1.165, 1.54) is 51.9 Å². The lowest BCUT2D eigenvalue weighted by molar-refractivity contribution is -0.00395. The molecule has 0 aromatic heterocycles. The summed E-state index contributed by atoms with van der Waals surface area (Å²) in [6, 6.07) is 3.73. The molecule has 3 fully saturated rings. The van der Waals surface area contributed by atoms with Gasteiger partial charge >= 0.3 is 0 Å². The Kier molecular flexibility index (Phi) is 5.94. The third-order valence-electron chi connectivity index (χ3n) is 7.53. The number of likely N-dealkylation sites (tertiary alicyclic amines) is 2. The largest absolute Gasteiger partial charge is 0.299 e. The van der Waals surface area contributed by atoms with Gasteiger partial charge in [0.25, 0.3) is 0 Å². The van der Waals surface area contributed by atoms with Crippen LogP contribution >= 0.6 is 0 Å². The monoisotopic (exact) mass is 335 g/mol. The third kappa shape index (κ3) is 3.68. The van der Waals surface area contributed by atoms with Crippen LogP contribution in [-0.2, 0) is 0 Å². The molecule has 140 valence electrons. The number of hydrogen-bond donors (Lipinski definition) is 0. The first-order valence-corrected chi connectivity index (χ1v) is 10.6. The summed E-state index contributed by atoms with van der Waals surface area (Å²) in [4.78, 5) is 8.41. The van der Waals surface area contributed by atoms with Gasteiger partial charge in [-0.25, -0.2) is 0 Å². The van der Waals surface area contributed by atoms with E-state index in [-0.39, 0.29) is 0 Å². The maximum Gasteiger partial charge on any atom is 0.0230 e. The Morgan fingerprint density at radius 3 is 1.62 bits per heavy atom. The van der Waals surface area contributed by atoms with E-state index in [2.05, 4.69) is 56.2 Å². The number of piperidine rings is 1. The van der Waals surface area contributed by atoms with Crippen molar-refractivity contribution in [1.82, 2.24) is 14.7 Å². The fourth-order valence-corrected chi connectivity index (χ4v) is 5.75. The number of hydrogen-bond acceptors (Lipinski definition) is 3. The van der Waals surface area contributed by atoms with Crippen molar-refractivity contribution in [1.29, 1.82) is 0 Å². The topological polar surface area (TPSA) is 9.72 Å². The third-order valence-corrected chi connectivity index (χ3v) is 7.53. The predicted octanol–water partition coefficient (Wildman–Crippen LogP) is 3.69. The fourth-order valence-electron chi connectivity index (χ4n) is 5.75. The van der Waals surface area contributed by atoms with Crippen molar-refractivity contribution in [2.24, 2.45) is 11.8 Å². The molecule has 4 unspecified atom stereocenters. The summed E-state index contributed by atoms with van der Waals surface area (Å²) in [6.45, 7) is 19.7. The second-order valence-electron chi connectivity index (χ2n) is 9.48. The maximum absolute atomic E-state index is 2.82. The van der Waals surface area contributed by atoms with Crippen LogP contribution in [0.1, 0.15) is 67.2 Å². The average molecular weight is 336 g/mol. The van der Waals surface area contributed by atoms with Crippen LogP contribution in [-0.4, -0.2) is 71.1 Å². The molecule has 2 bridgehead atoms. The molecule has 0 N–H and O–H groups in total. The standard InChI is InChI=1S/C21H41N3/c1-15(2)19-9-11-22(12-10-19)17(5)18(6)23-13-20-7-8-21(14-23)24(20)16(3)4/h15-21H,7-14H2,1-6H3. The molecule has 3 nitrogen and oxygen atoms in total. The Hall–Kier alpha value is -0.120. The second-order valence-corrected chi connectivity index (χ2v) is 9.48. The van der Waals surface area contributed by atoms with Crippen molar-refractivity contribution >= 4 is 0 Å². The minimum absolute atomic E-state index is 0.693. The van der Waals surface area contributed by atoms with Gasteiger partial charge in [0.2, 0.25) is 0 Å². The molecule has 24 heavy (non-hydrogen) atoms. The summed E-state index contributed by atoms with van der Waals surface area (Å²) in [5, 5.41) is 0. The van der Waals surface area contributed by atoms with E-state index in [1.54, 1.807) is 0 Å². The molecular formula is C21H41N3. The van der Waals surface area contributed by atoms with Gasteiger partial charge in [0.05, 0.1) is 0 Å². The number of rotatable bonds is 5. The van der Waals surface area contributed by atoms with Crippen molar-refractivity contribution in [3.8, 4) is 0 Å². The predicted molar refractivity (Wildman–Crippen MR) is 103 cm³/mol. The van der Waals surface area contributed by atoms with Gasteiger partial charge < -0.3 is 0 Å². The quantitative estimate of drug-likeness (QED) is 0.759. The van der Waals surface area contributed by atoms with Gasteiger partial charge in [-0.3, -0.25) is 14.7 Å². The molecule has 3 aliphatic rings. The summed E-state index contributed by atoms with van der Waals surface area (Å²) < 4.78 is 0. The molecule has 3 heterocycles. The van der Waals surface area contributed by atoms with E-state index in [0.717, 1.165) is 23.9 Å². The first-order chi connectivity index (χ1) is 11.4. The molecule has 3 heteroatoms. The normalized spacial score (nSPS) is 33.5. The minimum Gasteiger partial charge on any atom is -0.299 e. The van der Waals surface area contributed by atoms with Crippen molar-refractivity contribution in [2.45, 2.75) is 97.4 Å². The van der Waals surface area contributed by atoms with Crippen LogP contribution in [0.5, 0.6) is 0 Å². The molecule has 0 aromatic carbocycles. The van der Waals surface area contributed by atoms with Crippen LogP contribution in [0.3, 0.4) is 0 Å². The van der Waals surface area contributed by atoms with Crippen LogP contribution in [0, 0.1) is 11.8 Å². The van der Waals surface area contributed by atoms with E-state index < -0.39 is 0 Å². The molecule has 3 rings (SSSR count). The van der Waals surface area contributed by atoms with Crippen LogP contribution in [0.2, 0.25) is 0 Å². The van der Waals surface area contributed by atoms with Crippen LogP contribution in [0.15, 0.2) is 0 Å². The Morgan fingerprint density at radius 2 is 1.17 bits per heavy atom. The van der Waals surface area contributed by atoms with E-state index in [0.29, 0.717) is 18.1 Å². The van der Waals surface area contributed by atoms with Crippen LogP contribution in [0.25, 0.3) is 0 Å². The van der Waals surface area contributed by atoms with Gasteiger partial charge in [-0.1, -0.05) is 13.8 Å². The Morgan fingerprint density at radius 1 is 0.667 bits per heavy atom. The van der Waals surface area contributed by atoms with Crippen molar-refractivity contribution in [2.75, 3.05) is 26.2 Å². The fraction of sp³-hybridized carbons (Fsp3) is 1.00. The zero-order valence-electron chi connectivity index (χ0n) is 17.0. The maximum atomic E-state index is 2.82.